The summed E-state index contributed by atoms with van der Waals surface area (Å²) in [7, 11) is 3.83. The Balaban J connectivity index is 2.50. The van der Waals surface area contributed by atoms with Gasteiger partial charge in [0.05, 0.1) is 0 Å². The number of piperazine rings is 1. The molecule has 5 nitrogen and oxygen atoms in total. The monoisotopic (exact) mass is 229 g/mol. The van der Waals surface area contributed by atoms with Gasteiger partial charge in [-0.3, -0.25) is 9.69 Å². The summed E-state index contributed by atoms with van der Waals surface area (Å²) in [6, 6.07) is -0.367. The lowest BCUT2D eigenvalue weighted by Gasteiger charge is -2.38. The molecule has 0 bridgehead atoms. The van der Waals surface area contributed by atoms with Crippen molar-refractivity contribution in [2.45, 2.75) is 13.0 Å². The highest BCUT2D eigenvalue weighted by Gasteiger charge is 2.28. The molecular formula is C11H23N3O2. The minimum absolute atomic E-state index is 0.367. The molecule has 0 spiro atoms. The maximum absolute atomic E-state index is 11.2. The number of carbonyl (C=O) groups is 1. The topological polar surface area (TPSA) is 47.0 Å². The summed E-state index contributed by atoms with van der Waals surface area (Å²) >= 11 is 0. The van der Waals surface area contributed by atoms with Crippen LogP contribution in [-0.4, -0.2) is 85.2 Å². The maximum Gasteiger partial charge on any atom is 0.322 e. The molecule has 0 aromatic carbocycles. The lowest BCUT2D eigenvalue weighted by atomic mass is 10.2. The third-order valence-electron chi connectivity index (χ3n) is 3.12. The normalized spacial score (nSPS) is 21.2. The van der Waals surface area contributed by atoms with E-state index < -0.39 is 5.97 Å². The predicted octanol–water partition coefficient (Wildman–Crippen LogP) is -0.361. The average Bonchev–Trinajstić information content (AvgIpc) is 2.25. The van der Waals surface area contributed by atoms with Crippen molar-refractivity contribution in [2.24, 2.45) is 0 Å². The standard InChI is InChI=1S/C11H23N3O2/c1-4-13-5-7-14(8-6-13)10(11(15)16)9-12(2)3/h10H,4-9H2,1-3H3,(H,15,16). The Bertz CT molecular complexity index is 225. The van der Waals surface area contributed by atoms with E-state index in [1.165, 1.54) is 0 Å². The average molecular weight is 229 g/mol. The molecule has 0 radical (unpaired) electrons. The molecule has 1 N–H and O–H groups in total. The van der Waals surface area contributed by atoms with Gasteiger partial charge in [0.1, 0.15) is 6.04 Å². The van der Waals surface area contributed by atoms with Crippen molar-refractivity contribution < 1.29 is 9.90 Å². The molecule has 1 aliphatic heterocycles. The SMILES string of the molecule is CCN1CCN(C(CN(C)C)C(=O)O)CC1. The van der Waals surface area contributed by atoms with Gasteiger partial charge in [0.25, 0.3) is 0 Å². The molecular weight excluding hydrogens is 206 g/mol. The molecule has 0 aromatic rings. The fourth-order valence-corrected chi connectivity index (χ4v) is 2.09. The number of hydrogen-bond acceptors (Lipinski definition) is 4. The fraction of sp³-hybridized carbons (Fsp3) is 0.909. The van der Waals surface area contributed by atoms with Gasteiger partial charge in [-0.25, -0.2) is 0 Å². The molecule has 1 aliphatic rings. The highest BCUT2D eigenvalue weighted by molar-refractivity contribution is 5.73. The van der Waals surface area contributed by atoms with Crippen LogP contribution in [0.5, 0.6) is 0 Å². The first-order valence-corrected chi connectivity index (χ1v) is 5.88. The van der Waals surface area contributed by atoms with Crippen LogP contribution >= 0.6 is 0 Å². The number of carboxylic acid groups (broad SMARTS) is 1. The van der Waals surface area contributed by atoms with Crippen LogP contribution in [-0.2, 0) is 4.79 Å². The van der Waals surface area contributed by atoms with Crippen molar-refractivity contribution in [3.8, 4) is 0 Å². The lowest BCUT2D eigenvalue weighted by molar-refractivity contribution is -0.144. The molecule has 1 saturated heterocycles. The molecule has 16 heavy (non-hydrogen) atoms. The molecule has 1 rings (SSSR count). The van der Waals surface area contributed by atoms with Gasteiger partial charge in [-0.1, -0.05) is 6.92 Å². The Morgan fingerprint density at radius 3 is 2.25 bits per heavy atom. The molecule has 1 heterocycles. The lowest BCUT2D eigenvalue weighted by Crippen LogP contribution is -2.55. The minimum Gasteiger partial charge on any atom is -0.480 e. The summed E-state index contributed by atoms with van der Waals surface area (Å²) in [5, 5.41) is 9.22. The molecule has 0 amide bonds. The Morgan fingerprint density at radius 2 is 1.88 bits per heavy atom. The van der Waals surface area contributed by atoms with Crippen LogP contribution in [0.3, 0.4) is 0 Å². The van der Waals surface area contributed by atoms with E-state index in [-0.39, 0.29) is 6.04 Å². The van der Waals surface area contributed by atoms with Crippen LogP contribution in [0.15, 0.2) is 0 Å². The van der Waals surface area contributed by atoms with Gasteiger partial charge >= 0.3 is 5.97 Å². The number of aliphatic carboxylic acids is 1. The number of hydrogen-bond donors (Lipinski definition) is 1. The van der Waals surface area contributed by atoms with Gasteiger partial charge in [-0.05, 0) is 20.6 Å². The van der Waals surface area contributed by atoms with Crippen LogP contribution in [0.1, 0.15) is 6.92 Å². The first-order valence-electron chi connectivity index (χ1n) is 5.88. The van der Waals surface area contributed by atoms with E-state index in [1.807, 2.05) is 19.0 Å². The van der Waals surface area contributed by atoms with Gasteiger partial charge < -0.3 is 14.9 Å². The van der Waals surface area contributed by atoms with Gasteiger partial charge in [-0.2, -0.15) is 0 Å². The van der Waals surface area contributed by atoms with E-state index >= 15 is 0 Å². The second-order valence-corrected chi connectivity index (χ2v) is 4.59. The number of nitrogens with zero attached hydrogens (tertiary/aromatic N) is 3. The predicted molar refractivity (Wildman–Crippen MR) is 63.7 cm³/mol. The fourth-order valence-electron chi connectivity index (χ4n) is 2.09. The van der Waals surface area contributed by atoms with Crippen LogP contribution in [0.4, 0.5) is 0 Å². The Kier molecular flexibility index (Phi) is 5.18. The smallest absolute Gasteiger partial charge is 0.322 e. The zero-order chi connectivity index (χ0) is 12.1. The van der Waals surface area contributed by atoms with E-state index in [2.05, 4.69) is 16.7 Å². The van der Waals surface area contributed by atoms with Crippen molar-refractivity contribution >= 4 is 5.97 Å². The van der Waals surface area contributed by atoms with Crippen LogP contribution in [0.25, 0.3) is 0 Å². The van der Waals surface area contributed by atoms with Gasteiger partial charge in [0, 0.05) is 32.7 Å². The number of rotatable bonds is 5. The van der Waals surface area contributed by atoms with Crippen molar-refractivity contribution in [1.29, 1.82) is 0 Å². The van der Waals surface area contributed by atoms with Gasteiger partial charge in [0.15, 0.2) is 0 Å². The third kappa shape index (κ3) is 3.73. The number of likely N-dealkylation sites (N-methyl/N-ethyl adjacent to an activating group) is 2. The second-order valence-electron chi connectivity index (χ2n) is 4.59. The van der Waals surface area contributed by atoms with Gasteiger partial charge in [-0.15, -0.1) is 0 Å². The highest BCUT2D eigenvalue weighted by Crippen LogP contribution is 2.07. The highest BCUT2D eigenvalue weighted by atomic mass is 16.4. The van der Waals surface area contributed by atoms with Crippen molar-refractivity contribution in [2.75, 3.05) is 53.4 Å². The van der Waals surface area contributed by atoms with E-state index in [0.717, 1.165) is 32.7 Å². The molecule has 0 aromatic heterocycles. The first-order chi connectivity index (χ1) is 7.54. The minimum atomic E-state index is -0.710. The molecule has 0 aliphatic carbocycles. The Hall–Kier alpha value is -0.650. The Labute approximate surface area is 97.6 Å². The van der Waals surface area contributed by atoms with E-state index in [9.17, 15) is 9.90 Å². The summed E-state index contributed by atoms with van der Waals surface area (Å²) in [5.74, 6) is -0.710. The van der Waals surface area contributed by atoms with Crippen molar-refractivity contribution in [3.63, 3.8) is 0 Å². The third-order valence-corrected chi connectivity index (χ3v) is 3.12. The Morgan fingerprint density at radius 1 is 1.31 bits per heavy atom. The van der Waals surface area contributed by atoms with Crippen LogP contribution < -0.4 is 0 Å². The maximum atomic E-state index is 11.2. The molecule has 1 unspecified atom stereocenters. The zero-order valence-corrected chi connectivity index (χ0v) is 10.5. The molecule has 1 atom stereocenters. The van der Waals surface area contributed by atoms with Gasteiger partial charge in [0.2, 0.25) is 0 Å². The zero-order valence-electron chi connectivity index (χ0n) is 10.5. The second kappa shape index (κ2) is 6.18. The molecule has 5 heteroatoms. The summed E-state index contributed by atoms with van der Waals surface area (Å²) in [4.78, 5) is 17.6. The largest absolute Gasteiger partial charge is 0.480 e. The summed E-state index contributed by atoms with van der Waals surface area (Å²) < 4.78 is 0. The van der Waals surface area contributed by atoms with E-state index in [0.29, 0.717) is 6.54 Å². The van der Waals surface area contributed by atoms with Crippen molar-refractivity contribution in [1.82, 2.24) is 14.7 Å². The van der Waals surface area contributed by atoms with E-state index in [4.69, 9.17) is 0 Å². The first kappa shape index (κ1) is 13.4. The molecule has 0 saturated carbocycles. The van der Waals surface area contributed by atoms with Crippen LogP contribution in [0, 0.1) is 0 Å². The summed E-state index contributed by atoms with van der Waals surface area (Å²) in [6.45, 7) is 7.46. The quantitative estimate of drug-likeness (QED) is 0.697. The number of carboxylic acids is 1. The molecule has 1 fully saturated rings. The van der Waals surface area contributed by atoms with Crippen molar-refractivity contribution in [3.05, 3.63) is 0 Å². The molecule has 94 valence electrons. The summed E-state index contributed by atoms with van der Waals surface area (Å²) in [6.07, 6.45) is 0. The summed E-state index contributed by atoms with van der Waals surface area (Å²) in [5.41, 5.74) is 0. The van der Waals surface area contributed by atoms with E-state index in [1.54, 1.807) is 0 Å². The van der Waals surface area contributed by atoms with Crippen LogP contribution in [0.2, 0.25) is 0 Å².